The number of carbonyl (C=O) groups is 1. The molecule has 38 heavy (non-hydrogen) atoms. The Morgan fingerprint density at radius 1 is 1.05 bits per heavy atom. The molecule has 1 fully saturated rings. The fourth-order valence-electron chi connectivity index (χ4n) is 4.79. The minimum Gasteiger partial charge on any atom is -0.283 e. The lowest BCUT2D eigenvalue weighted by Gasteiger charge is -2.33. The van der Waals surface area contributed by atoms with E-state index < -0.39 is 32.5 Å². The third-order valence-corrected chi connectivity index (χ3v) is 9.84. The van der Waals surface area contributed by atoms with Crippen molar-refractivity contribution in [2.24, 2.45) is 5.92 Å². The third kappa shape index (κ3) is 5.21. The number of amides is 1. The van der Waals surface area contributed by atoms with Crippen molar-refractivity contribution in [1.29, 1.82) is 0 Å². The number of fused-ring (bicyclic) bond motifs is 1. The highest BCUT2D eigenvalue weighted by Gasteiger charge is 2.36. The van der Waals surface area contributed by atoms with Crippen molar-refractivity contribution in [2.75, 3.05) is 18.0 Å². The third-order valence-electron chi connectivity index (χ3n) is 6.87. The van der Waals surface area contributed by atoms with Crippen molar-refractivity contribution in [2.45, 2.75) is 37.6 Å². The number of piperidine rings is 1. The molecule has 0 unspecified atom stereocenters. The number of halogens is 2. The van der Waals surface area contributed by atoms with Crippen LogP contribution in [0.1, 0.15) is 30.9 Å². The number of aromatic nitrogens is 1. The Kier molecular flexibility index (Phi) is 7.56. The molecule has 1 aliphatic rings. The zero-order valence-electron chi connectivity index (χ0n) is 20.8. The Labute approximate surface area is 224 Å². The SMILES string of the molecule is CCc1cccc2sc(N(Cc3ccccc3)C(=O)C3CCN(S(=O)(=O)c4ccc(F)cc4F)CC3)nc12. The smallest absolute Gasteiger partial charge is 0.245 e. The fourth-order valence-corrected chi connectivity index (χ4v) is 7.32. The van der Waals surface area contributed by atoms with Gasteiger partial charge in [-0.05, 0) is 48.6 Å². The van der Waals surface area contributed by atoms with E-state index in [4.69, 9.17) is 4.98 Å². The molecule has 1 aromatic heterocycles. The van der Waals surface area contributed by atoms with Crippen molar-refractivity contribution < 1.29 is 22.0 Å². The van der Waals surface area contributed by atoms with E-state index in [1.807, 2.05) is 48.5 Å². The van der Waals surface area contributed by atoms with Gasteiger partial charge >= 0.3 is 0 Å². The first kappa shape index (κ1) is 26.4. The molecule has 2 heterocycles. The van der Waals surface area contributed by atoms with E-state index in [9.17, 15) is 22.0 Å². The first-order valence-corrected chi connectivity index (χ1v) is 14.7. The van der Waals surface area contributed by atoms with E-state index in [1.54, 1.807) is 4.90 Å². The van der Waals surface area contributed by atoms with Gasteiger partial charge in [-0.15, -0.1) is 0 Å². The summed E-state index contributed by atoms with van der Waals surface area (Å²) in [7, 11) is -4.15. The van der Waals surface area contributed by atoms with Crippen LogP contribution in [0.15, 0.2) is 71.6 Å². The van der Waals surface area contributed by atoms with Crippen LogP contribution in [0.5, 0.6) is 0 Å². The number of carbonyl (C=O) groups excluding carboxylic acids is 1. The van der Waals surface area contributed by atoms with Crippen LogP contribution in [-0.4, -0.2) is 36.7 Å². The molecule has 0 saturated carbocycles. The number of sulfonamides is 1. The van der Waals surface area contributed by atoms with Crippen LogP contribution in [0.25, 0.3) is 10.2 Å². The maximum Gasteiger partial charge on any atom is 0.245 e. The summed E-state index contributed by atoms with van der Waals surface area (Å²) in [5, 5.41) is 0.609. The van der Waals surface area contributed by atoms with Crippen molar-refractivity contribution >= 4 is 42.6 Å². The van der Waals surface area contributed by atoms with Gasteiger partial charge in [-0.2, -0.15) is 4.31 Å². The molecule has 0 aliphatic carbocycles. The van der Waals surface area contributed by atoms with Gasteiger partial charge in [0.2, 0.25) is 15.9 Å². The van der Waals surface area contributed by atoms with Crippen LogP contribution in [0, 0.1) is 17.6 Å². The quantitative estimate of drug-likeness (QED) is 0.290. The summed E-state index contributed by atoms with van der Waals surface area (Å²) in [6, 6.07) is 18.1. The number of hydrogen-bond donors (Lipinski definition) is 0. The Morgan fingerprint density at radius 2 is 1.79 bits per heavy atom. The maximum absolute atomic E-state index is 14.2. The lowest BCUT2D eigenvalue weighted by atomic mass is 9.96. The summed E-state index contributed by atoms with van der Waals surface area (Å²) < 4.78 is 55.7. The maximum atomic E-state index is 14.2. The molecule has 1 saturated heterocycles. The van der Waals surface area contributed by atoms with Crippen molar-refractivity contribution in [1.82, 2.24) is 9.29 Å². The van der Waals surface area contributed by atoms with Gasteiger partial charge in [-0.3, -0.25) is 9.69 Å². The van der Waals surface area contributed by atoms with Gasteiger partial charge in [0.1, 0.15) is 16.5 Å². The molecular weight excluding hydrogens is 528 g/mol. The van der Waals surface area contributed by atoms with Crippen LogP contribution in [0.2, 0.25) is 0 Å². The van der Waals surface area contributed by atoms with Gasteiger partial charge in [0.25, 0.3) is 0 Å². The van der Waals surface area contributed by atoms with E-state index in [0.29, 0.717) is 17.7 Å². The van der Waals surface area contributed by atoms with Gasteiger partial charge in [-0.1, -0.05) is 60.7 Å². The number of aryl methyl sites for hydroxylation is 1. The number of hydrogen-bond acceptors (Lipinski definition) is 5. The summed E-state index contributed by atoms with van der Waals surface area (Å²) in [5.41, 5.74) is 2.97. The molecule has 6 nitrogen and oxygen atoms in total. The molecule has 0 atom stereocenters. The fraction of sp³-hybridized carbons (Fsp3) is 0.286. The number of nitrogens with zero attached hydrogens (tertiary/aromatic N) is 3. The highest BCUT2D eigenvalue weighted by Crippen LogP contribution is 2.34. The molecule has 1 amide bonds. The standard InChI is InChI=1S/C28H27F2N3O3S2/c1-2-20-9-6-10-24-26(20)31-28(37-24)33(18-19-7-4-3-5-8-19)27(34)21-13-15-32(16-14-21)38(35,36)25-12-11-22(29)17-23(25)30/h3-12,17,21H,2,13-16,18H2,1H3. The van der Waals surface area contributed by atoms with Gasteiger partial charge < -0.3 is 0 Å². The average Bonchev–Trinajstić information content (AvgIpc) is 3.36. The molecule has 0 spiro atoms. The second-order valence-corrected chi connectivity index (χ2v) is 12.2. The zero-order valence-corrected chi connectivity index (χ0v) is 22.4. The lowest BCUT2D eigenvalue weighted by Crippen LogP contribution is -2.44. The van der Waals surface area contributed by atoms with E-state index >= 15 is 0 Å². The van der Waals surface area contributed by atoms with Crippen molar-refractivity contribution in [3.05, 3.63) is 89.5 Å². The predicted octanol–water partition coefficient (Wildman–Crippen LogP) is 5.77. The van der Waals surface area contributed by atoms with Crippen LogP contribution in [0.4, 0.5) is 13.9 Å². The molecule has 5 rings (SSSR count). The topological polar surface area (TPSA) is 70.6 Å². The normalized spacial score (nSPS) is 15.1. The van der Waals surface area contributed by atoms with Crippen LogP contribution in [0.3, 0.4) is 0 Å². The van der Waals surface area contributed by atoms with E-state index in [0.717, 1.165) is 39.9 Å². The van der Waals surface area contributed by atoms with Gasteiger partial charge in [-0.25, -0.2) is 22.2 Å². The molecule has 4 aromatic rings. The summed E-state index contributed by atoms with van der Waals surface area (Å²) in [5.74, 6) is -2.50. The number of benzene rings is 3. The van der Waals surface area contributed by atoms with E-state index in [2.05, 4.69) is 6.92 Å². The first-order chi connectivity index (χ1) is 18.3. The average molecular weight is 556 g/mol. The summed E-state index contributed by atoms with van der Waals surface area (Å²) in [6.07, 6.45) is 1.41. The van der Waals surface area contributed by atoms with Gasteiger partial charge in [0.15, 0.2) is 5.13 Å². The van der Waals surface area contributed by atoms with Crippen LogP contribution in [-0.2, 0) is 27.8 Å². The number of para-hydroxylation sites is 1. The molecule has 0 radical (unpaired) electrons. The van der Waals surface area contributed by atoms with Crippen molar-refractivity contribution in [3.8, 4) is 0 Å². The van der Waals surface area contributed by atoms with E-state index in [-0.39, 0.29) is 31.8 Å². The molecule has 10 heteroatoms. The summed E-state index contributed by atoms with van der Waals surface area (Å²) in [4.78, 5) is 19.9. The molecule has 1 aliphatic heterocycles. The Bertz CT molecular complexity index is 1570. The Hall–Kier alpha value is -3.21. The lowest BCUT2D eigenvalue weighted by molar-refractivity contribution is -0.123. The summed E-state index contributed by atoms with van der Waals surface area (Å²) in [6.45, 7) is 2.55. The predicted molar refractivity (Wildman–Crippen MR) is 144 cm³/mol. The Balaban J connectivity index is 1.39. The molecule has 0 N–H and O–H groups in total. The monoisotopic (exact) mass is 555 g/mol. The summed E-state index contributed by atoms with van der Waals surface area (Å²) >= 11 is 1.47. The highest BCUT2D eigenvalue weighted by atomic mass is 32.2. The largest absolute Gasteiger partial charge is 0.283 e. The van der Waals surface area contributed by atoms with Crippen LogP contribution < -0.4 is 4.90 Å². The number of thiazole rings is 1. The van der Waals surface area contributed by atoms with Gasteiger partial charge in [0.05, 0.1) is 16.8 Å². The number of anilines is 1. The van der Waals surface area contributed by atoms with Gasteiger partial charge in [0, 0.05) is 25.1 Å². The highest BCUT2D eigenvalue weighted by molar-refractivity contribution is 7.89. The number of rotatable bonds is 7. The molecule has 198 valence electrons. The minimum atomic E-state index is -4.15. The molecule has 0 bridgehead atoms. The first-order valence-electron chi connectivity index (χ1n) is 12.5. The Morgan fingerprint density at radius 3 is 2.47 bits per heavy atom. The minimum absolute atomic E-state index is 0.0640. The van der Waals surface area contributed by atoms with E-state index in [1.165, 1.54) is 15.6 Å². The zero-order chi connectivity index (χ0) is 26.9. The van der Waals surface area contributed by atoms with Crippen LogP contribution >= 0.6 is 11.3 Å². The molecule has 3 aromatic carbocycles. The molecular formula is C28H27F2N3O3S2. The second kappa shape index (κ2) is 10.9. The second-order valence-electron chi connectivity index (χ2n) is 9.28. The van der Waals surface area contributed by atoms with Crippen molar-refractivity contribution in [3.63, 3.8) is 0 Å².